The number of rotatable bonds is 3. The Morgan fingerprint density at radius 3 is 2.80 bits per heavy atom. The Morgan fingerprint density at radius 1 is 1.00 bits per heavy atom. The van der Waals surface area contributed by atoms with Crippen LogP contribution in [0.25, 0.3) is 10.8 Å². The van der Waals surface area contributed by atoms with Crippen LogP contribution >= 0.6 is 0 Å². The Hall–Kier alpha value is -2.35. The Kier molecular flexibility index (Phi) is 2.66. The van der Waals surface area contributed by atoms with E-state index >= 15 is 0 Å². The summed E-state index contributed by atoms with van der Waals surface area (Å²) in [6.45, 7) is 0.956. The number of nitrogens with one attached hydrogen (secondary N) is 1. The van der Waals surface area contributed by atoms with Crippen molar-refractivity contribution >= 4 is 16.6 Å². The molecule has 0 spiro atoms. The fourth-order valence-electron chi connectivity index (χ4n) is 3.03. The molecule has 3 aromatic rings. The minimum absolute atomic E-state index is 0.618. The first-order chi connectivity index (χ1) is 9.92. The summed E-state index contributed by atoms with van der Waals surface area (Å²) in [5.74, 6) is 1.61. The van der Waals surface area contributed by atoms with Crippen molar-refractivity contribution in [2.24, 2.45) is 0 Å². The highest BCUT2D eigenvalue weighted by molar-refractivity contribution is 5.91. The number of benzene rings is 2. The van der Waals surface area contributed by atoms with Crippen LogP contribution < -0.4 is 5.32 Å². The van der Waals surface area contributed by atoms with E-state index in [0.717, 1.165) is 12.4 Å². The van der Waals surface area contributed by atoms with Crippen LogP contribution in [0.15, 0.2) is 60.8 Å². The SMILES string of the molecule is c1ccc2c(c1)CC2CNc1nccc2ccccc12. The highest BCUT2D eigenvalue weighted by Crippen LogP contribution is 2.35. The van der Waals surface area contributed by atoms with Crippen molar-refractivity contribution in [3.63, 3.8) is 0 Å². The van der Waals surface area contributed by atoms with Crippen LogP contribution in [0.3, 0.4) is 0 Å². The molecule has 1 aliphatic carbocycles. The minimum atomic E-state index is 0.618. The standard InChI is InChI=1S/C18H16N2/c1-4-8-17-13(5-1)9-10-19-18(17)20-12-15-11-14-6-2-3-7-16(14)15/h1-10,15H,11-12H2,(H,19,20). The summed E-state index contributed by atoms with van der Waals surface area (Å²) < 4.78 is 0. The highest BCUT2D eigenvalue weighted by Gasteiger charge is 2.25. The van der Waals surface area contributed by atoms with Gasteiger partial charge in [0.2, 0.25) is 0 Å². The van der Waals surface area contributed by atoms with Gasteiger partial charge in [0.05, 0.1) is 0 Å². The van der Waals surface area contributed by atoms with Gasteiger partial charge in [-0.15, -0.1) is 0 Å². The van der Waals surface area contributed by atoms with Gasteiger partial charge in [0.25, 0.3) is 0 Å². The van der Waals surface area contributed by atoms with E-state index in [2.05, 4.69) is 64.9 Å². The van der Waals surface area contributed by atoms with Gasteiger partial charge in [-0.2, -0.15) is 0 Å². The number of anilines is 1. The van der Waals surface area contributed by atoms with E-state index in [1.807, 2.05) is 6.20 Å². The van der Waals surface area contributed by atoms with Gasteiger partial charge in [0.15, 0.2) is 0 Å². The lowest BCUT2D eigenvalue weighted by Crippen LogP contribution is -2.24. The molecule has 0 radical (unpaired) electrons. The van der Waals surface area contributed by atoms with Crippen LogP contribution in [0.2, 0.25) is 0 Å². The van der Waals surface area contributed by atoms with Gasteiger partial charge in [0, 0.05) is 24.0 Å². The highest BCUT2D eigenvalue weighted by atomic mass is 15.0. The molecule has 2 aromatic carbocycles. The molecule has 0 saturated heterocycles. The molecule has 0 saturated carbocycles. The predicted molar refractivity (Wildman–Crippen MR) is 83.1 cm³/mol. The molecule has 4 rings (SSSR count). The third-order valence-electron chi connectivity index (χ3n) is 4.15. The van der Waals surface area contributed by atoms with Crippen LogP contribution in [-0.4, -0.2) is 11.5 Å². The van der Waals surface area contributed by atoms with E-state index in [1.54, 1.807) is 0 Å². The lowest BCUT2D eigenvalue weighted by molar-refractivity contribution is 0.635. The number of aromatic nitrogens is 1. The molecule has 2 nitrogen and oxygen atoms in total. The van der Waals surface area contributed by atoms with Gasteiger partial charge in [0.1, 0.15) is 5.82 Å². The topological polar surface area (TPSA) is 24.9 Å². The second-order valence-corrected chi connectivity index (χ2v) is 5.36. The quantitative estimate of drug-likeness (QED) is 0.770. The van der Waals surface area contributed by atoms with Crippen molar-refractivity contribution in [1.82, 2.24) is 4.98 Å². The molecule has 0 aliphatic heterocycles. The smallest absolute Gasteiger partial charge is 0.133 e. The van der Waals surface area contributed by atoms with Gasteiger partial charge in [-0.25, -0.2) is 4.98 Å². The summed E-state index contributed by atoms with van der Waals surface area (Å²) >= 11 is 0. The Balaban J connectivity index is 1.55. The number of nitrogens with zero attached hydrogens (tertiary/aromatic N) is 1. The van der Waals surface area contributed by atoms with Crippen LogP contribution in [0.1, 0.15) is 17.0 Å². The molecule has 1 aliphatic rings. The Morgan fingerprint density at radius 2 is 1.85 bits per heavy atom. The fourth-order valence-corrected chi connectivity index (χ4v) is 3.03. The van der Waals surface area contributed by atoms with Crippen LogP contribution in [0.5, 0.6) is 0 Å². The lowest BCUT2D eigenvalue weighted by atomic mass is 9.77. The van der Waals surface area contributed by atoms with E-state index in [1.165, 1.54) is 28.3 Å². The second kappa shape index (κ2) is 4.64. The number of pyridine rings is 1. The summed E-state index contributed by atoms with van der Waals surface area (Å²) in [6.07, 6.45) is 3.05. The first-order valence-electron chi connectivity index (χ1n) is 7.07. The number of hydrogen-bond acceptors (Lipinski definition) is 2. The first-order valence-corrected chi connectivity index (χ1v) is 7.07. The maximum absolute atomic E-state index is 4.48. The van der Waals surface area contributed by atoms with Crippen LogP contribution in [-0.2, 0) is 6.42 Å². The number of hydrogen-bond donors (Lipinski definition) is 1. The molecule has 1 unspecified atom stereocenters. The zero-order valence-electron chi connectivity index (χ0n) is 11.2. The van der Waals surface area contributed by atoms with Gasteiger partial charge < -0.3 is 5.32 Å². The maximum Gasteiger partial charge on any atom is 0.133 e. The second-order valence-electron chi connectivity index (χ2n) is 5.36. The van der Waals surface area contributed by atoms with Crippen molar-refractivity contribution in [3.05, 3.63) is 71.9 Å². The minimum Gasteiger partial charge on any atom is -0.369 e. The molecule has 1 aromatic heterocycles. The molecule has 2 heteroatoms. The van der Waals surface area contributed by atoms with Crippen molar-refractivity contribution < 1.29 is 0 Å². The predicted octanol–water partition coefficient (Wildman–Crippen LogP) is 3.99. The van der Waals surface area contributed by atoms with Gasteiger partial charge in [-0.3, -0.25) is 0 Å². The van der Waals surface area contributed by atoms with Crippen LogP contribution in [0, 0.1) is 0 Å². The zero-order chi connectivity index (χ0) is 13.4. The summed E-state index contributed by atoms with van der Waals surface area (Å²) in [6, 6.07) is 19.1. The van der Waals surface area contributed by atoms with E-state index in [4.69, 9.17) is 0 Å². The first kappa shape index (κ1) is 11.5. The van der Waals surface area contributed by atoms with E-state index < -0.39 is 0 Å². The molecular weight excluding hydrogens is 244 g/mol. The molecule has 1 heterocycles. The summed E-state index contributed by atoms with van der Waals surface area (Å²) in [5, 5.41) is 5.95. The van der Waals surface area contributed by atoms with Crippen molar-refractivity contribution in [2.45, 2.75) is 12.3 Å². The van der Waals surface area contributed by atoms with E-state index in [0.29, 0.717) is 5.92 Å². The van der Waals surface area contributed by atoms with Gasteiger partial charge >= 0.3 is 0 Å². The molecule has 1 N–H and O–H groups in total. The summed E-state index contributed by atoms with van der Waals surface area (Å²) in [5.41, 5.74) is 2.98. The third kappa shape index (κ3) is 1.85. The molecule has 0 bridgehead atoms. The molecule has 0 fully saturated rings. The van der Waals surface area contributed by atoms with Crippen molar-refractivity contribution in [1.29, 1.82) is 0 Å². The Bertz CT molecular complexity index is 759. The average Bonchev–Trinajstić information content (AvgIpc) is 2.48. The fraction of sp³-hybridized carbons (Fsp3) is 0.167. The molecule has 98 valence electrons. The number of fused-ring (bicyclic) bond motifs is 2. The monoisotopic (exact) mass is 260 g/mol. The Labute approximate surface area is 118 Å². The third-order valence-corrected chi connectivity index (χ3v) is 4.15. The average molecular weight is 260 g/mol. The largest absolute Gasteiger partial charge is 0.369 e. The molecular formula is C18H16N2. The normalized spacial score (nSPS) is 16.5. The van der Waals surface area contributed by atoms with Crippen LogP contribution in [0.4, 0.5) is 5.82 Å². The maximum atomic E-state index is 4.48. The van der Waals surface area contributed by atoms with E-state index in [-0.39, 0.29) is 0 Å². The van der Waals surface area contributed by atoms with Crippen molar-refractivity contribution in [3.8, 4) is 0 Å². The summed E-state index contributed by atoms with van der Waals surface area (Å²) in [7, 11) is 0. The van der Waals surface area contributed by atoms with Gasteiger partial charge in [-0.1, -0.05) is 48.5 Å². The van der Waals surface area contributed by atoms with Gasteiger partial charge in [-0.05, 0) is 29.0 Å². The van der Waals surface area contributed by atoms with E-state index in [9.17, 15) is 0 Å². The molecule has 1 atom stereocenters. The molecule has 20 heavy (non-hydrogen) atoms. The zero-order valence-corrected chi connectivity index (χ0v) is 11.2. The van der Waals surface area contributed by atoms with Crippen molar-refractivity contribution in [2.75, 3.05) is 11.9 Å². The summed E-state index contributed by atoms with van der Waals surface area (Å²) in [4.78, 5) is 4.48. The lowest BCUT2D eigenvalue weighted by Gasteiger charge is -2.30. The molecule has 0 amide bonds.